The average molecular weight is 385 g/mol. The molecule has 0 bridgehead atoms. The summed E-state index contributed by atoms with van der Waals surface area (Å²) in [6, 6.07) is 17.7. The van der Waals surface area contributed by atoms with Crippen LogP contribution in [0.25, 0.3) is 23.1 Å². The van der Waals surface area contributed by atoms with E-state index in [2.05, 4.69) is 15.5 Å². The summed E-state index contributed by atoms with van der Waals surface area (Å²) in [7, 11) is 5.81. The number of H-pyrrole nitrogens is 1. The molecule has 2 aromatic carbocycles. The number of para-hydroxylation sites is 1. The van der Waals surface area contributed by atoms with Crippen molar-refractivity contribution in [2.75, 3.05) is 24.3 Å². The minimum atomic E-state index is -0.145. The van der Waals surface area contributed by atoms with Crippen molar-refractivity contribution in [2.45, 2.75) is 0 Å². The molecule has 6 nitrogen and oxygen atoms in total. The predicted molar refractivity (Wildman–Crippen MR) is 119 cm³/mol. The monoisotopic (exact) mass is 385 g/mol. The van der Waals surface area contributed by atoms with Crippen molar-refractivity contribution in [3.63, 3.8) is 0 Å². The Bertz CT molecular complexity index is 1200. The van der Waals surface area contributed by atoms with Gasteiger partial charge in [0.1, 0.15) is 5.69 Å². The first-order chi connectivity index (χ1) is 14.0. The summed E-state index contributed by atoms with van der Waals surface area (Å²) >= 11 is 0. The van der Waals surface area contributed by atoms with E-state index in [1.807, 2.05) is 92.9 Å². The Labute approximate surface area is 169 Å². The molecule has 0 saturated carbocycles. The van der Waals surface area contributed by atoms with Crippen LogP contribution >= 0.6 is 0 Å². The summed E-state index contributed by atoms with van der Waals surface area (Å²) in [6.45, 7) is 0. The quantitative estimate of drug-likeness (QED) is 0.535. The molecule has 2 aromatic heterocycles. The first-order valence-corrected chi connectivity index (χ1v) is 9.38. The molecule has 0 radical (unpaired) electrons. The van der Waals surface area contributed by atoms with Crippen molar-refractivity contribution >= 4 is 40.3 Å². The van der Waals surface area contributed by atoms with Crippen LogP contribution in [0.5, 0.6) is 0 Å². The maximum atomic E-state index is 12.8. The molecule has 4 aromatic rings. The van der Waals surface area contributed by atoms with E-state index in [-0.39, 0.29) is 5.91 Å². The van der Waals surface area contributed by atoms with Gasteiger partial charge in [-0.2, -0.15) is 5.10 Å². The Kier molecular flexibility index (Phi) is 4.91. The average Bonchev–Trinajstić information content (AvgIpc) is 3.33. The van der Waals surface area contributed by atoms with Crippen LogP contribution < -0.4 is 10.2 Å². The number of aryl methyl sites for hydroxylation is 1. The van der Waals surface area contributed by atoms with E-state index in [0.29, 0.717) is 5.69 Å². The highest BCUT2D eigenvalue weighted by molar-refractivity contribution is 6.05. The van der Waals surface area contributed by atoms with Gasteiger partial charge in [0.15, 0.2) is 0 Å². The second kappa shape index (κ2) is 7.67. The molecule has 0 unspecified atom stereocenters. The van der Waals surface area contributed by atoms with Crippen LogP contribution in [0.3, 0.4) is 0 Å². The summed E-state index contributed by atoms with van der Waals surface area (Å²) in [5.74, 6) is -0.145. The predicted octanol–water partition coefficient (Wildman–Crippen LogP) is 4.39. The molecule has 2 N–H and O–H groups in total. The number of carbonyl (C=O) groups excluding carboxylic acids is 1. The van der Waals surface area contributed by atoms with Crippen LogP contribution in [-0.4, -0.2) is 34.8 Å². The molecule has 6 heteroatoms. The van der Waals surface area contributed by atoms with Gasteiger partial charge in [-0.1, -0.05) is 30.3 Å². The SMILES string of the molecule is CN(C)c1ccc(C=Cc2n[nH]c3ccccc23)c(NC(=O)c2cccn2C)c1. The summed E-state index contributed by atoms with van der Waals surface area (Å²) in [4.78, 5) is 14.8. The maximum Gasteiger partial charge on any atom is 0.272 e. The van der Waals surface area contributed by atoms with Gasteiger partial charge >= 0.3 is 0 Å². The second-order valence-corrected chi connectivity index (χ2v) is 7.11. The van der Waals surface area contributed by atoms with Gasteiger partial charge in [-0.25, -0.2) is 0 Å². The fourth-order valence-corrected chi connectivity index (χ4v) is 3.24. The van der Waals surface area contributed by atoms with Crippen LogP contribution in [0.4, 0.5) is 11.4 Å². The minimum Gasteiger partial charge on any atom is -0.378 e. The molecule has 0 atom stereocenters. The maximum absolute atomic E-state index is 12.8. The van der Waals surface area contributed by atoms with Crippen LogP contribution in [0.1, 0.15) is 21.7 Å². The standard InChI is InChI=1S/C23H23N5O/c1-27(2)17-12-10-16(11-13-20-18-7-4-5-8-19(18)25-26-20)21(15-17)24-23(29)22-9-6-14-28(22)3/h4-15H,1-3H3,(H,24,29)(H,25,26). The van der Waals surface area contributed by atoms with Crippen LogP contribution in [0.2, 0.25) is 0 Å². The normalized spacial score (nSPS) is 11.3. The molecule has 0 spiro atoms. The number of hydrogen-bond donors (Lipinski definition) is 2. The first-order valence-electron chi connectivity index (χ1n) is 9.38. The Morgan fingerprint density at radius 2 is 1.93 bits per heavy atom. The molecule has 0 aliphatic carbocycles. The van der Waals surface area contributed by atoms with Gasteiger partial charge in [-0.05, 0) is 42.0 Å². The van der Waals surface area contributed by atoms with Gasteiger partial charge in [0.2, 0.25) is 0 Å². The van der Waals surface area contributed by atoms with Gasteiger partial charge in [-0.15, -0.1) is 0 Å². The van der Waals surface area contributed by atoms with Crippen molar-refractivity contribution in [3.8, 4) is 0 Å². The largest absolute Gasteiger partial charge is 0.378 e. The molecule has 2 heterocycles. The van der Waals surface area contributed by atoms with Crippen LogP contribution in [0, 0.1) is 0 Å². The molecule has 1 amide bonds. The van der Waals surface area contributed by atoms with E-state index in [4.69, 9.17) is 0 Å². The Morgan fingerprint density at radius 1 is 1.10 bits per heavy atom. The van der Waals surface area contributed by atoms with E-state index in [0.717, 1.165) is 33.5 Å². The number of anilines is 2. The summed E-state index contributed by atoms with van der Waals surface area (Å²) in [6.07, 6.45) is 5.79. The number of hydrogen-bond acceptors (Lipinski definition) is 3. The fraction of sp³-hybridized carbons (Fsp3) is 0.130. The molecule has 29 heavy (non-hydrogen) atoms. The second-order valence-electron chi connectivity index (χ2n) is 7.11. The summed E-state index contributed by atoms with van der Waals surface area (Å²) in [5.41, 5.74) is 5.12. The third kappa shape index (κ3) is 3.78. The van der Waals surface area contributed by atoms with Crippen molar-refractivity contribution in [2.24, 2.45) is 7.05 Å². The number of fused-ring (bicyclic) bond motifs is 1. The van der Waals surface area contributed by atoms with E-state index >= 15 is 0 Å². The van der Waals surface area contributed by atoms with Crippen LogP contribution in [0.15, 0.2) is 60.8 Å². The Hall–Kier alpha value is -3.80. The van der Waals surface area contributed by atoms with Gasteiger partial charge < -0.3 is 14.8 Å². The zero-order valence-corrected chi connectivity index (χ0v) is 16.7. The number of nitrogens with one attached hydrogen (secondary N) is 2. The lowest BCUT2D eigenvalue weighted by Crippen LogP contribution is -2.17. The molecule has 0 fully saturated rings. The molecule has 0 aliphatic rings. The van der Waals surface area contributed by atoms with Crippen molar-refractivity contribution in [1.29, 1.82) is 0 Å². The molecular weight excluding hydrogens is 362 g/mol. The minimum absolute atomic E-state index is 0.145. The Balaban J connectivity index is 1.69. The third-order valence-electron chi connectivity index (χ3n) is 4.90. The lowest BCUT2D eigenvalue weighted by molar-refractivity contribution is 0.101. The van der Waals surface area contributed by atoms with Crippen molar-refractivity contribution in [1.82, 2.24) is 14.8 Å². The summed E-state index contributed by atoms with van der Waals surface area (Å²) < 4.78 is 1.80. The highest BCUT2D eigenvalue weighted by Crippen LogP contribution is 2.26. The molecule has 4 rings (SSSR count). The molecule has 0 saturated heterocycles. The molecule has 146 valence electrons. The van der Waals surface area contributed by atoms with E-state index in [9.17, 15) is 4.79 Å². The van der Waals surface area contributed by atoms with E-state index in [1.54, 1.807) is 10.6 Å². The smallest absolute Gasteiger partial charge is 0.272 e. The van der Waals surface area contributed by atoms with E-state index < -0.39 is 0 Å². The van der Waals surface area contributed by atoms with Gasteiger partial charge in [-0.3, -0.25) is 9.89 Å². The summed E-state index contributed by atoms with van der Waals surface area (Å²) in [5, 5.41) is 11.5. The van der Waals surface area contributed by atoms with Gasteiger partial charge in [0.05, 0.1) is 16.9 Å². The Morgan fingerprint density at radius 3 is 2.69 bits per heavy atom. The van der Waals surface area contributed by atoms with Gasteiger partial charge in [0, 0.05) is 38.4 Å². The molecular formula is C23H23N5O. The zero-order chi connectivity index (χ0) is 20.4. The van der Waals surface area contributed by atoms with E-state index in [1.165, 1.54) is 0 Å². The lowest BCUT2D eigenvalue weighted by atomic mass is 10.1. The third-order valence-corrected chi connectivity index (χ3v) is 4.90. The number of aromatic amines is 1. The highest BCUT2D eigenvalue weighted by Gasteiger charge is 2.12. The van der Waals surface area contributed by atoms with Crippen molar-refractivity contribution < 1.29 is 4.79 Å². The number of aromatic nitrogens is 3. The zero-order valence-electron chi connectivity index (χ0n) is 16.7. The van der Waals surface area contributed by atoms with Crippen molar-refractivity contribution in [3.05, 3.63) is 77.7 Å². The lowest BCUT2D eigenvalue weighted by Gasteiger charge is -2.16. The molecule has 0 aliphatic heterocycles. The van der Waals surface area contributed by atoms with Gasteiger partial charge in [0.25, 0.3) is 5.91 Å². The number of rotatable bonds is 5. The number of amides is 1. The number of carbonyl (C=O) groups is 1. The number of nitrogens with zero attached hydrogens (tertiary/aromatic N) is 3. The van der Waals surface area contributed by atoms with Crippen LogP contribution in [-0.2, 0) is 7.05 Å². The fourth-order valence-electron chi connectivity index (χ4n) is 3.24. The number of benzene rings is 2. The topological polar surface area (TPSA) is 66.0 Å². The first kappa shape index (κ1) is 18.6. The highest BCUT2D eigenvalue weighted by atomic mass is 16.1.